The second kappa shape index (κ2) is 5.25. The third-order valence-electron chi connectivity index (χ3n) is 1.91. The Hall–Kier alpha value is -1.91. The fourth-order valence-corrected chi connectivity index (χ4v) is 1.15. The highest BCUT2D eigenvalue weighted by atomic mass is 19.1. The van der Waals surface area contributed by atoms with Gasteiger partial charge in [0.25, 0.3) is 5.69 Å². The van der Waals surface area contributed by atoms with E-state index >= 15 is 0 Å². The van der Waals surface area contributed by atoms with Gasteiger partial charge in [-0.3, -0.25) is 10.1 Å². The summed E-state index contributed by atoms with van der Waals surface area (Å²) in [5, 5.41) is 13.4. The number of hydrogen-bond donors (Lipinski definition) is 1. The van der Waals surface area contributed by atoms with Crippen molar-refractivity contribution < 1.29 is 9.31 Å². The first kappa shape index (κ1) is 12.2. The number of nitro benzene ring substituents is 1. The van der Waals surface area contributed by atoms with Crippen molar-refractivity contribution in [1.29, 1.82) is 0 Å². The molecule has 0 aliphatic heterocycles. The van der Waals surface area contributed by atoms with Crippen LogP contribution >= 0.6 is 0 Å². The van der Waals surface area contributed by atoms with Gasteiger partial charge in [-0.25, -0.2) is 4.39 Å². The quantitative estimate of drug-likeness (QED) is 0.485. The largest absolute Gasteiger partial charge is 0.381 e. The van der Waals surface area contributed by atoms with E-state index < -0.39 is 10.7 Å². The maximum atomic E-state index is 13.0. The minimum atomic E-state index is -0.617. The lowest BCUT2D eigenvalue weighted by Crippen LogP contribution is -2.00. The van der Waals surface area contributed by atoms with Crippen LogP contribution in [0.25, 0.3) is 0 Å². The number of anilines is 1. The molecule has 86 valence electrons. The summed E-state index contributed by atoms with van der Waals surface area (Å²) in [5.74, 6) is -0.617. The maximum absolute atomic E-state index is 13.0. The molecule has 0 aliphatic rings. The van der Waals surface area contributed by atoms with E-state index in [0.29, 0.717) is 12.2 Å². The van der Waals surface area contributed by atoms with Crippen molar-refractivity contribution in [3.63, 3.8) is 0 Å². The van der Waals surface area contributed by atoms with E-state index in [1.807, 2.05) is 19.9 Å². The van der Waals surface area contributed by atoms with E-state index in [2.05, 4.69) is 5.32 Å². The van der Waals surface area contributed by atoms with Gasteiger partial charge < -0.3 is 5.32 Å². The highest BCUT2D eigenvalue weighted by Crippen LogP contribution is 2.19. The van der Waals surface area contributed by atoms with Crippen LogP contribution in [0.1, 0.15) is 13.8 Å². The van der Waals surface area contributed by atoms with E-state index in [1.165, 1.54) is 12.1 Å². The SMILES string of the molecule is CC(C)=CCNc1cc(F)cc([N+](=O)[O-])c1. The van der Waals surface area contributed by atoms with Crippen LogP contribution in [0.15, 0.2) is 29.8 Å². The number of allylic oxidation sites excluding steroid dienone is 1. The second-order valence-electron chi connectivity index (χ2n) is 3.62. The summed E-state index contributed by atoms with van der Waals surface area (Å²) in [4.78, 5) is 9.87. The normalized spacial score (nSPS) is 9.69. The molecule has 0 bridgehead atoms. The molecule has 0 fully saturated rings. The first-order valence-corrected chi connectivity index (χ1v) is 4.81. The van der Waals surface area contributed by atoms with Crippen LogP contribution in [-0.4, -0.2) is 11.5 Å². The van der Waals surface area contributed by atoms with Gasteiger partial charge in [0.2, 0.25) is 0 Å². The summed E-state index contributed by atoms with van der Waals surface area (Å²) in [7, 11) is 0. The smallest absolute Gasteiger partial charge is 0.274 e. The van der Waals surface area contributed by atoms with Crippen molar-refractivity contribution in [3.8, 4) is 0 Å². The van der Waals surface area contributed by atoms with Gasteiger partial charge in [0.05, 0.1) is 11.0 Å². The molecule has 1 aromatic rings. The average Bonchev–Trinajstić information content (AvgIpc) is 2.16. The minimum Gasteiger partial charge on any atom is -0.381 e. The molecule has 0 saturated carbocycles. The Balaban J connectivity index is 2.80. The molecule has 0 aliphatic carbocycles. The number of nitro groups is 1. The number of rotatable bonds is 4. The highest BCUT2D eigenvalue weighted by Gasteiger charge is 2.08. The maximum Gasteiger partial charge on any atom is 0.274 e. The van der Waals surface area contributed by atoms with E-state index in [1.54, 1.807) is 0 Å². The Morgan fingerprint density at radius 1 is 1.50 bits per heavy atom. The second-order valence-corrected chi connectivity index (χ2v) is 3.62. The van der Waals surface area contributed by atoms with Crippen LogP contribution < -0.4 is 5.32 Å². The molecule has 0 atom stereocenters. The number of hydrogen-bond acceptors (Lipinski definition) is 3. The summed E-state index contributed by atoms with van der Waals surface area (Å²) in [6, 6.07) is 3.43. The molecule has 16 heavy (non-hydrogen) atoms. The molecule has 4 nitrogen and oxygen atoms in total. The van der Waals surface area contributed by atoms with Gasteiger partial charge in [-0.15, -0.1) is 0 Å². The van der Waals surface area contributed by atoms with Crippen LogP contribution in [-0.2, 0) is 0 Å². The van der Waals surface area contributed by atoms with Crippen molar-refractivity contribution in [1.82, 2.24) is 0 Å². The summed E-state index contributed by atoms with van der Waals surface area (Å²) in [6.07, 6.45) is 1.91. The summed E-state index contributed by atoms with van der Waals surface area (Å²) in [6.45, 7) is 4.40. The lowest BCUT2D eigenvalue weighted by Gasteiger charge is -2.03. The predicted molar refractivity (Wildman–Crippen MR) is 61.0 cm³/mol. The Labute approximate surface area is 92.9 Å². The number of benzene rings is 1. The lowest BCUT2D eigenvalue weighted by molar-refractivity contribution is -0.385. The van der Waals surface area contributed by atoms with E-state index in [4.69, 9.17) is 0 Å². The summed E-state index contributed by atoms with van der Waals surface area (Å²) < 4.78 is 13.0. The lowest BCUT2D eigenvalue weighted by atomic mass is 10.2. The predicted octanol–water partition coefficient (Wildman–Crippen LogP) is 3.11. The molecule has 0 heterocycles. The zero-order valence-electron chi connectivity index (χ0n) is 9.16. The standard InChI is InChI=1S/C11H13FN2O2/c1-8(2)3-4-13-10-5-9(12)6-11(7-10)14(15)16/h3,5-7,13H,4H2,1-2H3. The van der Waals surface area contributed by atoms with E-state index in [-0.39, 0.29) is 5.69 Å². The van der Waals surface area contributed by atoms with Gasteiger partial charge in [0.15, 0.2) is 0 Å². The zero-order chi connectivity index (χ0) is 12.1. The Morgan fingerprint density at radius 2 is 2.19 bits per heavy atom. The highest BCUT2D eigenvalue weighted by molar-refractivity contribution is 5.51. The molecule has 1 aromatic carbocycles. The molecular weight excluding hydrogens is 211 g/mol. The minimum absolute atomic E-state index is 0.250. The summed E-state index contributed by atoms with van der Waals surface area (Å²) >= 11 is 0. The van der Waals surface area contributed by atoms with Crippen molar-refractivity contribution in [3.05, 3.63) is 45.8 Å². The molecule has 0 aromatic heterocycles. The Kier molecular flexibility index (Phi) is 3.99. The fourth-order valence-electron chi connectivity index (χ4n) is 1.15. The molecular formula is C11H13FN2O2. The van der Waals surface area contributed by atoms with Crippen LogP contribution in [0.5, 0.6) is 0 Å². The third kappa shape index (κ3) is 3.68. The number of non-ortho nitro benzene ring substituents is 1. The number of nitrogens with one attached hydrogen (secondary N) is 1. The molecule has 0 unspecified atom stereocenters. The Morgan fingerprint density at radius 3 is 2.75 bits per heavy atom. The van der Waals surface area contributed by atoms with Crippen molar-refractivity contribution in [2.75, 3.05) is 11.9 Å². The van der Waals surface area contributed by atoms with Crippen molar-refractivity contribution in [2.45, 2.75) is 13.8 Å². The summed E-state index contributed by atoms with van der Waals surface area (Å²) in [5.41, 5.74) is 1.28. The van der Waals surface area contributed by atoms with Gasteiger partial charge in [-0.1, -0.05) is 11.6 Å². The van der Waals surface area contributed by atoms with Gasteiger partial charge in [-0.2, -0.15) is 0 Å². The third-order valence-corrected chi connectivity index (χ3v) is 1.91. The fraction of sp³-hybridized carbons (Fsp3) is 0.273. The van der Waals surface area contributed by atoms with Crippen LogP contribution in [0.2, 0.25) is 0 Å². The first-order valence-electron chi connectivity index (χ1n) is 4.81. The van der Waals surface area contributed by atoms with E-state index in [0.717, 1.165) is 11.6 Å². The van der Waals surface area contributed by atoms with Crippen LogP contribution in [0.3, 0.4) is 0 Å². The molecule has 1 N–H and O–H groups in total. The van der Waals surface area contributed by atoms with Crippen LogP contribution in [0, 0.1) is 15.9 Å². The number of nitrogens with zero attached hydrogens (tertiary/aromatic N) is 1. The number of halogens is 1. The molecule has 5 heteroatoms. The average molecular weight is 224 g/mol. The topological polar surface area (TPSA) is 55.2 Å². The molecule has 0 saturated heterocycles. The molecule has 0 amide bonds. The monoisotopic (exact) mass is 224 g/mol. The van der Waals surface area contributed by atoms with Gasteiger partial charge in [0, 0.05) is 18.3 Å². The molecule has 0 radical (unpaired) electrons. The zero-order valence-corrected chi connectivity index (χ0v) is 9.16. The Bertz CT molecular complexity index is 426. The van der Waals surface area contributed by atoms with E-state index in [9.17, 15) is 14.5 Å². The van der Waals surface area contributed by atoms with Gasteiger partial charge in [0.1, 0.15) is 5.82 Å². The van der Waals surface area contributed by atoms with Crippen molar-refractivity contribution in [2.24, 2.45) is 0 Å². The van der Waals surface area contributed by atoms with Crippen LogP contribution in [0.4, 0.5) is 15.8 Å². The first-order chi connectivity index (χ1) is 7.49. The van der Waals surface area contributed by atoms with Gasteiger partial charge in [-0.05, 0) is 19.9 Å². The van der Waals surface area contributed by atoms with Crippen molar-refractivity contribution >= 4 is 11.4 Å². The van der Waals surface area contributed by atoms with Gasteiger partial charge >= 0.3 is 0 Å². The molecule has 0 spiro atoms. The molecule has 1 rings (SSSR count).